The van der Waals surface area contributed by atoms with E-state index in [1.54, 1.807) is 0 Å². The lowest BCUT2D eigenvalue weighted by Gasteiger charge is -2.25. The van der Waals surface area contributed by atoms with Gasteiger partial charge in [0, 0.05) is 29.8 Å². The topological polar surface area (TPSA) is 29.3 Å². The van der Waals surface area contributed by atoms with E-state index in [2.05, 4.69) is 46.0 Å². The maximum absolute atomic E-state index is 5.68. The summed E-state index contributed by atoms with van der Waals surface area (Å²) in [6.07, 6.45) is 4.01. The molecule has 0 spiro atoms. The zero-order chi connectivity index (χ0) is 12.3. The molecular weight excluding hydrogens is 276 g/mol. The van der Waals surface area contributed by atoms with Crippen molar-refractivity contribution in [3.8, 4) is 0 Å². The highest BCUT2D eigenvalue weighted by molar-refractivity contribution is 9.10. The van der Waals surface area contributed by atoms with Crippen molar-refractivity contribution < 1.29 is 0 Å². The van der Waals surface area contributed by atoms with E-state index >= 15 is 0 Å². The monoisotopic (exact) mass is 296 g/mol. The standard InChI is InChI=1S/C14H21BrN2/c1-2-7-17(10-11-3-4-11)13-6-5-12(9-16)14(15)8-13/h5-6,8,11H,2-4,7,9-10,16H2,1H3. The Morgan fingerprint density at radius 1 is 1.41 bits per heavy atom. The Kier molecular flexibility index (Phi) is 4.46. The maximum atomic E-state index is 5.68. The van der Waals surface area contributed by atoms with E-state index in [-0.39, 0.29) is 0 Å². The molecule has 0 bridgehead atoms. The van der Waals surface area contributed by atoms with Crippen molar-refractivity contribution in [3.05, 3.63) is 28.2 Å². The van der Waals surface area contributed by atoms with Gasteiger partial charge in [0.2, 0.25) is 0 Å². The molecule has 0 aliphatic heterocycles. The van der Waals surface area contributed by atoms with Gasteiger partial charge in [-0.25, -0.2) is 0 Å². The van der Waals surface area contributed by atoms with Gasteiger partial charge in [-0.3, -0.25) is 0 Å². The van der Waals surface area contributed by atoms with Crippen LogP contribution in [-0.4, -0.2) is 13.1 Å². The molecule has 2 rings (SSSR count). The molecule has 1 fully saturated rings. The second-order valence-corrected chi connectivity index (χ2v) is 5.72. The Hall–Kier alpha value is -0.540. The van der Waals surface area contributed by atoms with E-state index in [1.165, 1.54) is 37.1 Å². The van der Waals surface area contributed by atoms with Crippen LogP contribution in [0.4, 0.5) is 5.69 Å². The highest BCUT2D eigenvalue weighted by atomic mass is 79.9. The van der Waals surface area contributed by atoms with E-state index in [9.17, 15) is 0 Å². The van der Waals surface area contributed by atoms with Crippen LogP contribution in [0, 0.1) is 5.92 Å². The van der Waals surface area contributed by atoms with Crippen LogP contribution in [0.1, 0.15) is 31.7 Å². The summed E-state index contributed by atoms with van der Waals surface area (Å²) in [6, 6.07) is 6.54. The van der Waals surface area contributed by atoms with Crippen molar-refractivity contribution >= 4 is 21.6 Å². The molecular formula is C14H21BrN2. The molecule has 1 saturated carbocycles. The molecule has 2 N–H and O–H groups in total. The fourth-order valence-electron chi connectivity index (χ4n) is 2.11. The fraction of sp³-hybridized carbons (Fsp3) is 0.571. The minimum atomic E-state index is 0.595. The van der Waals surface area contributed by atoms with Crippen LogP contribution in [-0.2, 0) is 6.54 Å². The summed E-state index contributed by atoms with van der Waals surface area (Å²) >= 11 is 3.60. The summed E-state index contributed by atoms with van der Waals surface area (Å²) in [6.45, 7) is 5.19. The van der Waals surface area contributed by atoms with Gasteiger partial charge in [0.15, 0.2) is 0 Å². The largest absolute Gasteiger partial charge is 0.371 e. The number of hydrogen-bond acceptors (Lipinski definition) is 2. The lowest BCUT2D eigenvalue weighted by molar-refractivity contribution is 0.708. The van der Waals surface area contributed by atoms with Crippen LogP contribution in [0.5, 0.6) is 0 Å². The van der Waals surface area contributed by atoms with Crippen molar-refractivity contribution in [2.75, 3.05) is 18.0 Å². The lowest BCUT2D eigenvalue weighted by Crippen LogP contribution is -2.26. The molecule has 0 amide bonds. The van der Waals surface area contributed by atoms with E-state index in [4.69, 9.17) is 5.73 Å². The van der Waals surface area contributed by atoms with Gasteiger partial charge in [-0.2, -0.15) is 0 Å². The molecule has 0 unspecified atom stereocenters. The van der Waals surface area contributed by atoms with Crippen LogP contribution in [0.15, 0.2) is 22.7 Å². The third-order valence-corrected chi connectivity index (χ3v) is 4.03. The van der Waals surface area contributed by atoms with Crippen molar-refractivity contribution in [3.63, 3.8) is 0 Å². The molecule has 0 atom stereocenters. The molecule has 0 radical (unpaired) electrons. The number of nitrogens with two attached hydrogens (primary N) is 1. The third kappa shape index (κ3) is 3.46. The first-order valence-electron chi connectivity index (χ1n) is 6.48. The summed E-state index contributed by atoms with van der Waals surface area (Å²) in [7, 11) is 0. The van der Waals surface area contributed by atoms with Gasteiger partial charge in [0.1, 0.15) is 0 Å². The zero-order valence-electron chi connectivity index (χ0n) is 10.5. The van der Waals surface area contributed by atoms with Gasteiger partial charge in [0.05, 0.1) is 0 Å². The van der Waals surface area contributed by atoms with Gasteiger partial charge in [-0.15, -0.1) is 0 Å². The average Bonchev–Trinajstić information content (AvgIpc) is 3.12. The predicted octanol–water partition coefficient (Wildman–Crippen LogP) is 3.53. The summed E-state index contributed by atoms with van der Waals surface area (Å²) in [5, 5.41) is 0. The van der Waals surface area contributed by atoms with Gasteiger partial charge >= 0.3 is 0 Å². The second kappa shape index (κ2) is 5.87. The SMILES string of the molecule is CCCN(CC1CC1)c1ccc(CN)c(Br)c1. The van der Waals surface area contributed by atoms with Crippen LogP contribution >= 0.6 is 15.9 Å². The molecule has 17 heavy (non-hydrogen) atoms. The molecule has 0 saturated heterocycles. The lowest BCUT2D eigenvalue weighted by atomic mass is 10.2. The predicted molar refractivity (Wildman–Crippen MR) is 77.3 cm³/mol. The number of halogens is 1. The molecule has 94 valence electrons. The average molecular weight is 297 g/mol. The third-order valence-electron chi connectivity index (χ3n) is 3.29. The van der Waals surface area contributed by atoms with E-state index < -0.39 is 0 Å². The van der Waals surface area contributed by atoms with Crippen LogP contribution < -0.4 is 10.6 Å². The molecule has 1 aromatic carbocycles. The Balaban J connectivity index is 2.13. The fourth-order valence-corrected chi connectivity index (χ4v) is 2.63. The van der Waals surface area contributed by atoms with Gasteiger partial charge in [-0.1, -0.05) is 28.9 Å². The first-order valence-corrected chi connectivity index (χ1v) is 7.27. The maximum Gasteiger partial charge on any atom is 0.0377 e. The van der Waals surface area contributed by atoms with Crippen LogP contribution in [0.2, 0.25) is 0 Å². The highest BCUT2D eigenvalue weighted by Crippen LogP contribution is 2.32. The smallest absolute Gasteiger partial charge is 0.0377 e. The number of hydrogen-bond donors (Lipinski definition) is 1. The number of rotatable bonds is 6. The number of anilines is 1. The molecule has 1 aromatic rings. The van der Waals surface area contributed by atoms with Crippen molar-refractivity contribution in [1.29, 1.82) is 0 Å². The molecule has 0 heterocycles. The first kappa shape index (κ1) is 12.9. The Morgan fingerprint density at radius 3 is 2.71 bits per heavy atom. The Labute approximate surface area is 112 Å². The first-order chi connectivity index (χ1) is 8.24. The highest BCUT2D eigenvalue weighted by Gasteiger charge is 2.24. The Bertz CT molecular complexity index is 374. The molecule has 1 aliphatic carbocycles. The van der Waals surface area contributed by atoms with Crippen molar-refractivity contribution in [2.24, 2.45) is 11.7 Å². The van der Waals surface area contributed by atoms with Crippen LogP contribution in [0.25, 0.3) is 0 Å². The summed E-state index contributed by atoms with van der Waals surface area (Å²) < 4.78 is 1.13. The minimum Gasteiger partial charge on any atom is -0.371 e. The summed E-state index contributed by atoms with van der Waals surface area (Å²) in [5.74, 6) is 0.925. The van der Waals surface area contributed by atoms with Gasteiger partial charge in [-0.05, 0) is 42.9 Å². The quantitative estimate of drug-likeness (QED) is 0.870. The van der Waals surface area contributed by atoms with Gasteiger partial charge < -0.3 is 10.6 Å². The molecule has 3 heteroatoms. The van der Waals surface area contributed by atoms with Crippen LogP contribution in [0.3, 0.4) is 0 Å². The van der Waals surface area contributed by atoms with Crippen molar-refractivity contribution in [2.45, 2.75) is 32.7 Å². The van der Waals surface area contributed by atoms with Gasteiger partial charge in [0.25, 0.3) is 0 Å². The number of benzene rings is 1. The molecule has 0 aromatic heterocycles. The van der Waals surface area contributed by atoms with E-state index in [0.29, 0.717) is 6.54 Å². The summed E-state index contributed by atoms with van der Waals surface area (Å²) in [4.78, 5) is 2.50. The second-order valence-electron chi connectivity index (χ2n) is 4.87. The Morgan fingerprint density at radius 2 is 2.18 bits per heavy atom. The zero-order valence-corrected chi connectivity index (χ0v) is 12.0. The minimum absolute atomic E-state index is 0.595. The van der Waals surface area contributed by atoms with E-state index in [1.807, 2.05) is 0 Å². The van der Waals surface area contributed by atoms with E-state index in [0.717, 1.165) is 16.9 Å². The summed E-state index contributed by atoms with van der Waals surface area (Å²) in [5.41, 5.74) is 8.18. The molecule has 2 nitrogen and oxygen atoms in total. The molecule has 1 aliphatic rings. The normalized spacial score (nSPS) is 15.0. The number of nitrogens with zero attached hydrogens (tertiary/aromatic N) is 1. The van der Waals surface area contributed by atoms with Crippen molar-refractivity contribution in [1.82, 2.24) is 0 Å².